The summed E-state index contributed by atoms with van der Waals surface area (Å²) in [7, 11) is 1.60. The van der Waals surface area contributed by atoms with Gasteiger partial charge in [0, 0.05) is 56.3 Å². The highest BCUT2D eigenvalue weighted by Crippen LogP contribution is 2.44. The van der Waals surface area contributed by atoms with Crippen molar-refractivity contribution in [2.45, 2.75) is 87.3 Å². The molecule has 2 aromatic rings. The molecule has 2 saturated heterocycles. The molecule has 0 bridgehead atoms. The van der Waals surface area contributed by atoms with Gasteiger partial charge in [-0.3, -0.25) is 10.2 Å². The van der Waals surface area contributed by atoms with E-state index in [0.717, 1.165) is 67.9 Å². The van der Waals surface area contributed by atoms with Crippen molar-refractivity contribution in [1.82, 2.24) is 10.2 Å². The number of thiophene rings is 1. The van der Waals surface area contributed by atoms with E-state index < -0.39 is 23.8 Å². The number of ether oxygens (including phenoxy) is 2. The molecule has 6 nitrogen and oxygen atoms in total. The summed E-state index contributed by atoms with van der Waals surface area (Å²) in [6.07, 6.45) is 6.57. The molecule has 3 atom stereocenters. The van der Waals surface area contributed by atoms with Gasteiger partial charge in [0.25, 0.3) is 0 Å². The molecule has 3 fully saturated rings. The summed E-state index contributed by atoms with van der Waals surface area (Å²) >= 11 is 0.390. The van der Waals surface area contributed by atoms with Crippen LogP contribution < -0.4 is 10.6 Å². The van der Waals surface area contributed by atoms with Crippen LogP contribution in [0.15, 0.2) is 30.0 Å². The van der Waals surface area contributed by atoms with Crippen molar-refractivity contribution in [2.24, 2.45) is 5.41 Å². The first kappa shape index (κ1) is 33.0. The monoisotopic (exact) mass is 663 g/mol. The standard InChI is InChI=1S/C34H44F3N3O3S2/c1-42-30-19-25(45(2)41)12-13-28(30)38-16-4-7-31-27(20-34(35,36)37)26-5-3-6-29(32(26)44-31)39-23-8-10-24(11-9-23)40-21-33(22-40)14-17-43-18-15-33/h3,5-6,19,23-25,28,38-39H,8-18,20-22H2,1-2H3. The molecule has 11 heteroatoms. The van der Waals surface area contributed by atoms with Crippen LogP contribution in [0.25, 0.3) is 10.1 Å². The molecule has 2 aliphatic heterocycles. The molecule has 3 unspecified atom stereocenters. The predicted octanol–water partition coefficient (Wildman–Crippen LogP) is 6.22. The smallest absolute Gasteiger partial charge is 0.393 e. The van der Waals surface area contributed by atoms with E-state index in [0.29, 0.717) is 34.3 Å². The molecule has 45 heavy (non-hydrogen) atoms. The molecule has 3 heterocycles. The van der Waals surface area contributed by atoms with Gasteiger partial charge in [-0.2, -0.15) is 13.2 Å². The van der Waals surface area contributed by atoms with Gasteiger partial charge in [-0.25, -0.2) is 0 Å². The zero-order valence-corrected chi connectivity index (χ0v) is 27.8. The Bertz CT molecular complexity index is 1410. The Morgan fingerprint density at radius 2 is 1.89 bits per heavy atom. The average molecular weight is 664 g/mol. The van der Waals surface area contributed by atoms with Crippen LogP contribution in [0.4, 0.5) is 18.9 Å². The number of methoxy groups -OCH3 is 1. The average Bonchev–Trinajstić information content (AvgIpc) is 3.35. The van der Waals surface area contributed by atoms with Crippen LogP contribution in [-0.2, 0) is 27.1 Å². The van der Waals surface area contributed by atoms with Crippen LogP contribution in [0.5, 0.6) is 0 Å². The summed E-state index contributed by atoms with van der Waals surface area (Å²) in [6, 6.07) is 6.51. The first-order valence-corrected chi connectivity index (χ1v) is 18.6. The second-order valence-corrected chi connectivity index (χ2v) is 15.8. The maximum absolute atomic E-state index is 13.7. The lowest BCUT2D eigenvalue weighted by atomic mass is 9.71. The minimum atomic E-state index is -4.33. The number of nitrogens with zero attached hydrogens (tertiary/aromatic N) is 1. The number of likely N-dealkylation sites (tertiary alicyclic amines) is 1. The van der Waals surface area contributed by atoms with Gasteiger partial charge in [-0.05, 0) is 73.1 Å². The van der Waals surface area contributed by atoms with E-state index in [2.05, 4.69) is 27.4 Å². The normalized spacial score (nSPS) is 27.7. The maximum atomic E-state index is 13.7. The minimum Gasteiger partial charge on any atom is -0.616 e. The van der Waals surface area contributed by atoms with Crippen LogP contribution >= 0.6 is 11.3 Å². The number of benzene rings is 1. The molecular weight excluding hydrogens is 620 g/mol. The van der Waals surface area contributed by atoms with E-state index in [1.54, 1.807) is 19.4 Å². The third-order valence-corrected chi connectivity index (χ3v) is 12.6. The zero-order valence-electron chi connectivity index (χ0n) is 26.1. The van der Waals surface area contributed by atoms with E-state index >= 15 is 0 Å². The Morgan fingerprint density at radius 3 is 2.58 bits per heavy atom. The fraction of sp³-hybridized carbons (Fsp3) is 0.647. The number of halogens is 3. The molecule has 1 saturated carbocycles. The fourth-order valence-corrected chi connectivity index (χ4v) is 9.55. The Hall–Kier alpha value is -1.94. The summed E-state index contributed by atoms with van der Waals surface area (Å²) in [4.78, 5) is 3.13. The number of alkyl halides is 3. The largest absolute Gasteiger partial charge is 0.616 e. The number of hydrogen-bond acceptors (Lipinski definition) is 7. The summed E-state index contributed by atoms with van der Waals surface area (Å²) in [5.74, 6) is 6.87. The molecule has 0 amide bonds. The quantitative estimate of drug-likeness (QED) is 0.258. The third kappa shape index (κ3) is 7.79. The van der Waals surface area contributed by atoms with Crippen molar-refractivity contribution >= 4 is 38.3 Å². The van der Waals surface area contributed by atoms with Gasteiger partial charge in [0.15, 0.2) is 0 Å². The number of hydrogen-bond donors (Lipinski definition) is 2. The van der Waals surface area contributed by atoms with Gasteiger partial charge in [0.2, 0.25) is 0 Å². The van der Waals surface area contributed by atoms with Gasteiger partial charge < -0.3 is 19.3 Å². The summed E-state index contributed by atoms with van der Waals surface area (Å²) < 4.78 is 65.0. The molecule has 6 rings (SSSR count). The van der Waals surface area contributed by atoms with Crippen LogP contribution in [0.2, 0.25) is 0 Å². The Balaban J connectivity index is 1.11. The fourth-order valence-electron chi connectivity index (χ4n) is 7.59. The molecular formula is C34H44F3N3O3S2. The van der Waals surface area contributed by atoms with E-state index in [4.69, 9.17) is 9.47 Å². The number of rotatable bonds is 8. The van der Waals surface area contributed by atoms with Crippen molar-refractivity contribution in [3.63, 3.8) is 0 Å². The van der Waals surface area contributed by atoms with Crippen molar-refractivity contribution in [3.8, 4) is 11.8 Å². The number of nitrogens with one attached hydrogen (secondary N) is 2. The Kier molecular flexibility index (Phi) is 10.3. The van der Waals surface area contributed by atoms with Gasteiger partial charge in [-0.15, -0.1) is 11.3 Å². The van der Waals surface area contributed by atoms with Crippen LogP contribution in [0.3, 0.4) is 0 Å². The molecule has 1 aromatic heterocycles. The molecule has 0 radical (unpaired) electrons. The lowest BCUT2D eigenvalue weighted by molar-refractivity contribution is -0.126. The van der Waals surface area contributed by atoms with Crippen molar-refractivity contribution in [3.05, 3.63) is 40.5 Å². The van der Waals surface area contributed by atoms with Gasteiger partial charge in [0.05, 0.1) is 47.6 Å². The Labute approximate surface area is 271 Å². The molecule has 4 aliphatic rings. The highest BCUT2D eigenvalue weighted by Gasteiger charge is 2.46. The minimum absolute atomic E-state index is 0.0318. The van der Waals surface area contributed by atoms with Crippen molar-refractivity contribution in [1.29, 1.82) is 0 Å². The molecule has 246 valence electrons. The van der Waals surface area contributed by atoms with E-state index in [9.17, 15) is 17.7 Å². The first-order chi connectivity index (χ1) is 21.6. The van der Waals surface area contributed by atoms with Crippen molar-refractivity contribution in [2.75, 3.05) is 51.5 Å². The summed E-state index contributed by atoms with van der Waals surface area (Å²) in [6.45, 7) is 4.49. The summed E-state index contributed by atoms with van der Waals surface area (Å²) in [5, 5.41) is 7.65. The second kappa shape index (κ2) is 14.0. The van der Waals surface area contributed by atoms with Gasteiger partial charge >= 0.3 is 6.18 Å². The maximum Gasteiger partial charge on any atom is 0.393 e. The second-order valence-electron chi connectivity index (χ2n) is 13.2. The number of fused-ring (bicyclic) bond motifs is 1. The molecule has 2 N–H and O–H groups in total. The lowest BCUT2D eigenvalue weighted by Gasteiger charge is -2.56. The van der Waals surface area contributed by atoms with E-state index in [1.165, 1.54) is 37.3 Å². The van der Waals surface area contributed by atoms with E-state index in [-0.39, 0.29) is 16.9 Å². The lowest BCUT2D eigenvalue weighted by Crippen LogP contribution is -2.62. The zero-order chi connectivity index (χ0) is 31.6. The molecule has 1 spiro atoms. The Morgan fingerprint density at radius 1 is 1.13 bits per heavy atom. The highest BCUT2D eigenvalue weighted by molar-refractivity contribution is 7.91. The van der Waals surface area contributed by atoms with Crippen LogP contribution in [-0.4, -0.2) is 85.2 Å². The van der Waals surface area contributed by atoms with Crippen LogP contribution in [0.1, 0.15) is 61.8 Å². The van der Waals surface area contributed by atoms with Gasteiger partial charge in [0.1, 0.15) is 11.0 Å². The number of anilines is 1. The first-order valence-electron chi connectivity index (χ1n) is 16.1. The SMILES string of the molecule is COC1=CC([S+](C)[O-])CCC1NCC#Cc1sc2c(NC3CCC(N4CC5(CCOCC5)C4)CC3)cccc2c1CC(F)(F)F. The highest BCUT2D eigenvalue weighted by atomic mass is 32.2. The van der Waals surface area contributed by atoms with Crippen LogP contribution in [0, 0.1) is 17.3 Å². The van der Waals surface area contributed by atoms with Crippen molar-refractivity contribution < 1.29 is 27.2 Å². The molecule has 2 aliphatic carbocycles. The topological polar surface area (TPSA) is 68.8 Å². The predicted molar refractivity (Wildman–Crippen MR) is 176 cm³/mol. The summed E-state index contributed by atoms with van der Waals surface area (Å²) in [5.41, 5.74) is 1.64. The molecule has 1 aromatic carbocycles. The van der Waals surface area contributed by atoms with E-state index in [1.807, 2.05) is 18.2 Å². The van der Waals surface area contributed by atoms with Gasteiger partial charge in [-0.1, -0.05) is 24.0 Å². The third-order valence-electron chi connectivity index (χ3n) is 10.1.